The second-order valence-electron chi connectivity index (χ2n) is 1.69. The molecule has 2 nitrogen and oxygen atoms in total. The van der Waals surface area contributed by atoms with E-state index in [4.69, 9.17) is 9.59 Å². The molecule has 0 aliphatic carbocycles. The molecule has 2 N–H and O–H groups in total. The number of hydrogen-bond acceptors (Lipinski definition) is 2. The molecule has 0 aromatic carbocycles. The maximum absolute atomic E-state index is 8.83. The Morgan fingerprint density at radius 2 is 1.22 bits per heavy atom. The second-order valence-corrected chi connectivity index (χ2v) is 5.07. The van der Waals surface area contributed by atoms with Gasteiger partial charge in [-0.05, 0) is 12.1 Å². The van der Waals surface area contributed by atoms with Crippen LogP contribution in [0.25, 0.3) is 0 Å². The van der Waals surface area contributed by atoms with Gasteiger partial charge in [0.15, 0.2) is 0 Å². The molecule has 0 amide bonds. The van der Waals surface area contributed by atoms with E-state index in [2.05, 4.69) is 0 Å². The Bertz CT molecular complexity index is 54.5. The third-order valence-electron chi connectivity index (χ3n) is 1.13. The molecule has 0 aliphatic heterocycles. The van der Waals surface area contributed by atoms with E-state index in [9.17, 15) is 0 Å². The van der Waals surface area contributed by atoms with Crippen LogP contribution >= 0.6 is 0 Å². The molecule has 0 aliphatic rings. The van der Waals surface area contributed by atoms with Crippen molar-refractivity contribution in [1.29, 1.82) is 0 Å². The summed E-state index contributed by atoms with van der Waals surface area (Å²) in [5, 5.41) is 0. The first-order valence-electron chi connectivity index (χ1n) is 2.57. The van der Waals surface area contributed by atoms with Crippen LogP contribution in [-0.4, -0.2) is 77.3 Å². The third-order valence-corrected chi connectivity index (χ3v) is 3.40. The van der Waals surface area contributed by atoms with Crippen molar-refractivity contribution in [2.24, 2.45) is 0 Å². The Kier molecular flexibility index (Phi) is 15.8. The molecule has 0 bridgehead atoms. The first-order valence-corrected chi connectivity index (χ1v) is 4.88. The molecule has 0 heterocycles. The summed E-state index contributed by atoms with van der Waals surface area (Å²) in [7, 11) is -2.65. The van der Waals surface area contributed by atoms with E-state index in [0.717, 1.165) is 0 Å². The quantitative estimate of drug-likeness (QED) is 0.528. The van der Waals surface area contributed by atoms with Crippen LogP contribution in [0.3, 0.4) is 0 Å². The first-order chi connectivity index (χ1) is 3.12. The van der Waals surface area contributed by atoms with E-state index in [0.29, 0.717) is 12.1 Å². The van der Waals surface area contributed by atoms with Crippen LogP contribution in [0.4, 0.5) is 0 Å². The summed E-state index contributed by atoms with van der Waals surface area (Å²) >= 11 is 0. The Balaban J connectivity index is -0.000000180. The molecule has 0 aromatic heterocycles. The van der Waals surface area contributed by atoms with Crippen molar-refractivity contribution in [2.75, 3.05) is 0 Å². The van der Waals surface area contributed by atoms with Crippen molar-refractivity contribution in [1.82, 2.24) is 0 Å². The zero-order valence-corrected chi connectivity index (χ0v) is 5.81. The molecule has 48 valence electrons. The molecule has 0 atom stereocenters. The predicted octanol–water partition coefficient (Wildman–Crippen LogP) is -0.844. The normalized spacial score (nSPS) is 9.33. The van der Waals surface area contributed by atoms with Crippen LogP contribution < -0.4 is 0 Å². The van der Waals surface area contributed by atoms with E-state index in [-0.39, 0.29) is 59.1 Å². The summed E-state index contributed by atoms with van der Waals surface area (Å²) in [6, 6.07) is 1.09. The zero-order chi connectivity index (χ0) is 5.91. The van der Waals surface area contributed by atoms with Crippen LogP contribution in [0.1, 0.15) is 13.8 Å². The van der Waals surface area contributed by atoms with Crippen molar-refractivity contribution < 1.29 is 9.59 Å². The van der Waals surface area contributed by atoms with Crippen molar-refractivity contribution >= 4 is 67.7 Å². The Morgan fingerprint density at radius 1 is 1.00 bits per heavy atom. The van der Waals surface area contributed by atoms with Crippen molar-refractivity contribution in [3.05, 3.63) is 0 Å². The fourth-order valence-corrected chi connectivity index (χ4v) is 0.750. The minimum atomic E-state index is -2.65. The van der Waals surface area contributed by atoms with Crippen molar-refractivity contribution in [2.45, 2.75) is 25.9 Å². The van der Waals surface area contributed by atoms with E-state index < -0.39 is 8.56 Å². The van der Waals surface area contributed by atoms with E-state index in [1.165, 1.54) is 0 Å². The predicted molar refractivity (Wildman–Crippen MR) is 45.5 cm³/mol. The number of rotatable bonds is 2. The molecular weight excluding hydrogens is 154 g/mol. The first kappa shape index (κ1) is 17.3. The molecule has 0 radical (unpaired) electrons. The van der Waals surface area contributed by atoms with Gasteiger partial charge < -0.3 is 9.59 Å². The van der Waals surface area contributed by atoms with Crippen LogP contribution in [0, 0.1) is 0 Å². The van der Waals surface area contributed by atoms with Crippen molar-refractivity contribution in [3.8, 4) is 0 Å². The molecule has 0 saturated carbocycles. The summed E-state index contributed by atoms with van der Waals surface area (Å²) in [5.41, 5.74) is 0. The van der Waals surface area contributed by atoms with Gasteiger partial charge in [-0.25, -0.2) is 0 Å². The molecular formula is C4H14Na2O2Si. The SMILES string of the molecule is CC[Si](O)(O)CC.[NaH].[NaH]. The van der Waals surface area contributed by atoms with E-state index in [1.807, 2.05) is 0 Å². The van der Waals surface area contributed by atoms with Gasteiger partial charge in [-0.2, -0.15) is 0 Å². The molecule has 5 heteroatoms. The maximum atomic E-state index is 8.83. The van der Waals surface area contributed by atoms with Gasteiger partial charge in [-0.1, -0.05) is 13.8 Å². The topological polar surface area (TPSA) is 40.5 Å². The Labute approximate surface area is 102 Å². The van der Waals surface area contributed by atoms with Crippen molar-refractivity contribution in [3.63, 3.8) is 0 Å². The van der Waals surface area contributed by atoms with Gasteiger partial charge in [-0.3, -0.25) is 0 Å². The summed E-state index contributed by atoms with van der Waals surface area (Å²) in [4.78, 5) is 17.7. The molecule has 0 fully saturated rings. The van der Waals surface area contributed by atoms with Gasteiger partial charge in [-0.15, -0.1) is 0 Å². The van der Waals surface area contributed by atoms with Crippen LogP contribution in [0.5, 0.6) is 0 Å². The fraction of sp³-hybridized carbons (Fsp3) is 1.00. The third kappa shape index (κ3) is 10.1. The van der Waals surface area contributed by atoms with Crippen LogP contribution in [-0.2, 0) is 0 Å². The van der Waals surface area contributed by atoms with Gasteiger partial charge in [0.25, 0.3) is 0 Å². The average Bonchev–Trinajstić information content (AvgIpc) is 1.68. The van der Waals surface area contributed by atoms with Crippen LogP contribution in [0.2, 0.25) is 12.1 Å². The zero-order valence-electron chi connectivity index (χ0n) is 4.81. The fourth-order valence-electron chi connectivity index (χ4n) is 0.250. The van der Waals surface area contributed by atoms with E-state index >= 15 is 0 Å². The standard InChI is InChI=1S/C4H12O2Si.2Na.2H/c1-3-7(5,6)4-2;;;;/h5-6H,3-4H2,1-2H3;;;;. The number of hydrogen-bond donors (Lipinski definition) is 2. The summed E-state index contributed by atoms with van der Waals surface area (Å²) < 4.78 is 0. The van der Waals surface area contributed by atoms with E-state index in [1.54, 1.807) is 13.8 Å². The summed E-state index contributed by atoms with van der Waals surface area (Å²) in [5.74, 6) is 0. The van der Waals surface area contributed by atoms with Gasteiger partial charge in [0.2, 0.25) is 0 Å². The van der Waals surface area contributed by atoms with Gasteiger partial charge >= 0.3 is 67.7 Å². The molecule has 0 unspecified atom stereocenters. The monoisotopic (exact) mass is 168 g/mol. The molecule has 0 saturated heterocycles. The molecule has 9 heavy (non-hydrogen) atoms. The van der Waals surface area contributed by atoms with Gasteiger partial charge in [0.05, 0.1) is 0 Å². The van der Waals surface area contributed by atoms with Crippen LogP contribution in [0.15, 0.2) is 0 Å². The summed E-state index contributed by atoms with van der Waals surface area (Å²) in [6.45, 7) is 3.60. The Hall–Kier alpha value is 2.14. The summed E-state index contributed by atoms with van der Waals surface area (Å²) in [6.07, 6.45) is 0. The van der Waals surface area contributed by atoms with Gasteiger partial charge in [0, 0.05) is 0 Å². The Morgan fingerprint density at radius 3 is 1.22 bits per heavy atom. The van der Waals surface area contributed by atoms with Gasteiger partial charge in [0.1, 0.15) is 0 Å². The molecule has 0 spiro atoms. The molecule has 0 aromatic rings. The minimum absolute atomic E-state index is 0. The second kappa shape index (κ2) is 8.24. The molecule has 0 rings (SSSR count). The average molecular weight is 168 g/mol.